The first-order chi connectivity index (χ1) is 13.2. The molecule has 1 N–H and O–H groups in total. The minimum atomic E-state index is 0.136. The smallest absolute Gasteiger partial charge is 0.227 e. The number of aromatic nitrogens is 2. The van der Waals surface area contributed by atoms with Crippen LogP contribution in [0.15, 0.2) is 30.3 Å². The van der Waals surface area contributed by atoms with Gasteiger partial charge in [0.2, 0.25) is 5.95 Å². The van der Waals surface area contributed by atoms with Crippen LogP contribution in [-0.4, -0.2) is 60.4 Å². The minimum absolute atomic E-state index is 0.136. The number of ketones is 1. The number of benzene rings is 1. The van der Waals surface area contributed by atoms with Crippen molar-refractivity contribution in [2.45, 2.75) is 25.7 Å². The molecule has 1 atom stereocenters. The van der Waals surface area contributed by atoms with Crippen molar-refractivity contribution in [3.8, 4) is 0 Å². The number of hydrogen-bond acceptors (Lipinski definition) is 6. The first-order valence-corrected chi connectivity index (χ1v) is 9.83. The number of likely N-dealkylation sites (N-methyl/N-ethyl adjacent to an activating group) is 1. The molecule has 1 aromatic heterocycles. The highest BCUT2D eigenvalue weighted by molar-refractivity contribution is 6.03. The lowest BCUT2D eigenvalue weighted by Gasteiger charge is -2.35. The molecule has 1 saturated heterocycles. The summed E-state index contributed by atoms with van der Waals surface area (Å²) in [5, 5.41) is 3.13. The van der Waals surface area contributed by atoms with Crippen molar-refractivity contribution in [3.05, 3.63) is 47.2 Å². The van der Waals surface area contributed by atoms with Gasteiger partial charge in [-0.25, -0.2) is 4.98 Å². The lowest BCUT2D eigenvalue weighted by atomic mass is 9.82. The molecule has 6 heteroatoms. The van der Waals surface area contributed by atoms with Crippen LogP contribution in [0.3, 0.4) is 0 Å². The normalized spacial score (nSPS) is 20.4. The number of anilines is 2. The second-order valence-corrected chi connectivity index (χ2v) is 7.30. The zero-order valence-corrected chi connectivity index (χ0v) is 16.1. The third-order valence-corrected chi connectivity index (χ3v) is 5.73. The molecule has 27 heavy (non-hydrogen) atoms. The van der Waals surface area contributed by atoms with Crippen molar-refractivity contribution < 1.29 is 4.79 Å². The van der Waals surface area contributed by atoms with Gasteiger partial charge in [0.05, 0.1) is 11.3 Å². The van der Waals surface area contributed by atoms with Crippen LogP contribution in [0, 0.1) is 0 Å². The summed E-state index contributed by atoms with van der Waals surface area (Å²) in [6, 6.07) is 10.3. The number of nitrogens with one attached hydrogen (secondary N) is 1. The molecule has 0 spiro atoms. The van der Waals surface area contributed by atoms with Gasteiger partial charge in [0, 0.05) is 39.6 Å². The average molecular weight is 365 g/mol. The highest BCUT2D eigenvalue weighted by atomic mass is 16.1. The van der Waals surface area contributed by atoms with E-state index < -0.39 is 0 Å². The molecular formula is C21H27N5O. The number of fused-ring (bicyclic) bond motifs is 1. The third kappa shape index (κ3) is 3.54. The molecule has 1 aliphatic carbocycles. The van der Waals surface area contributed by atoms with E-state index >= 15 is 0 Å². The molecule has 1 aliphatic heterocycles. The molecule has 4 rings (SSSR count). The number of carbonyl (C=O) groups excluding carboxylic acids is 1. The molecule has 0 bridgehead atoms. The zero-order chi connectivity index (χ0) is 18.8. The zero-order valence-electron chi connectivity index (χ0n) is 16.1. The van der Waals surface area contributed by atoms with Crippen LogP contribution in [0.1, 0.15) is 40.9 Å². The van der Waals surface area contributed by atoms with Gasteiger partial charge in [0.25, 0.3) is 0 Å². The van der Waals surface area contributed by atoms with Crippen molar-refractivity contribution in [1.29, 1.82) is 0 Å². The molecule has 0 amide bonds. The van der Waals surface area contributed by atoms with Crippen LogP contribution in [0.2, 0.25) is 0 Å². The fourth-order valence-corrected chi connectivity index (χ4v) is 4.11. The van der Waals surface area contributed by atoms with E-state index in [1.54, 1.807) is 0 Å². The lowest BCUT2D eigenvalue weighted by Crippen LogP contribution is -2.47. The Hall–Kier alpha value is -2.47. The van der Waals surface area contributed by atoms with E-state index in [0.29, 0.717) is 17.8 Å². The second-order valence-electron chi connectivity index (χ2n) is 7.30. The van der Waals surface area contributed by atoms with Crippen molar-refractivity contribution >= 4 is 17.5 Å². The Labute approximate surface area is 160 Å². The number of hydrogen-bond donors (Lipinski definition) is 1. The van der Waals surface area contributed by atoms with E-state index in [9.17, 15) is 4.79 Å². The van der Waals surface area contributed by atoms with Gasteiger partial charge in [-0.15, -0.1) is 0 Å². The number of piperazine rings is 1. The standard InChI is InChI=1S/C21H27N5O/c1-3-25-9-11-26(12-10-25)21-23-17-13-16(15-7-5-4-6-8-15)14-18(27)19(17)20(22-2)24-21/h4-8,16H,3,9-14H2,1-2H3,(H,22,23,24)/t16-/m1/s1. The van der Waals surface area contributed by atoms with Gasteiger partial charge in [0.15, 0.2) is 5.78 Å². The quantitative estimate of drug-likeness (QED) is 0.899. The molecule has 1 fully saturated rings. The van der Waals surface area contributed by atoms with Gasteiger partial charge in [-0.3, -0.25) is 4.79 Å². The maximum absolute atomic E-state index is 12.9. The first kappa shape index (κ1) is 17.9. The summed E-state index contributed by atoms with van der Waals surface area (Å²) in [6.45, 7) is 7.17. The highest BCUT2D eigenvalue weighted by Crippen LogP contribution is 2.35. The summed E-state index contributed by atoms with van der Waals surface area (Å²) in [4.78, 5) is 27.1. The number of rotatable bonds is 4. The summed E-state index contributed by atoms with van der Waals surface area (Å²) < 4.78 is 0. The van der Waals surface area contributed by atoms with Crippen molar-refractivity contribution in [2.75, 3.05) is 50.0 Å². The Morgan fingerprint density at radius 3 is 2.48 bits per heavy atom. The molecule has 2 heterocycles. The summed E-state index contributed by atoms with van der Waals surface area (Å²) in [6.07, 6.45) is 1.30. The number of Topliss-reactive ketones (excluding diaryl/α,β-unsaturated/α-hetero) is 1. The molecular weight excluding hydrogens is 338 g/mol. The fraction of sp³-hybridized carbons (Fsp3) is 0.476. The Balaban J connectivity index is 1.65. The molecule has 1 aromatic carbocycles. The van der Waals surface area contributed by atoms with Crippen LogP contribution in [0.5, 0.6) is 0 Å². The predicted molar refractivity (Wildman–Crippen MR) is 108 cm³/mol. The maximum Gasteiger partial charge on any atom is 0.227 e. The largest absolute Gasteiger partial charge is 0.372 e. The SMILES string of the molecule is CCN1CCN(c2nc3c(c(NC)n2)C(=O)C[C@H](c2ccccc2)C3)CC1. The van der Waals surface area contributed by atoms with E-state index in [4.69, 9.17) is 9.97 Å². The number of nitrogens with zero attached hydrogens (tertiary/aromatic N) is 4. The third-order valence-electron chi connectivity index (χ3n) is 5.73. The topological polar surface area (TPSA) is 61.4 Å². The monoisotopic (exact) mass is 365 g/mol. The summed E-state index contributed by atoms with van der Waals surface area (Å²) in [5.41, 5.74) is 2.77. The van der Waals surface area contributed by atoms with Crippen molar-refractivity contribution in [3.63, 3.8) is 0 Å². The Morgan fingerprint density at radius 2 is 1.81 bits per heavy atom. The van der Waals surface area contributed by atoms with E-state index in [-0.39, 0.29) is 11.7 Å². The van der Waals surface area contributed by atoms with Gasteiger partial charge < -0.3 is 15.1 Å². The second kappa shape index (κ2) is 7.64. The molecule has 0 unspecified atom stereocenters. The van der Waals surface area contributed by atoms with Gasteiger partial charge >= 0.3 is 0 Å². The Morgan fingerprint density at radius 1 is 1.07 bits per heavy atom. The molecule has 142 valence electrons. The van der Waals surface area contributed by atoms with Crippen LogP contribution in [0.4, 0.5) is 11.8 Å². The highest BCUT2D eigenvalue weighted by Gasteiger charge is 2.31. The minimum Gasteiger partial charge on any atom is -0.372 e. The first-order valence-electron chi connectivity index (χ1n) is 9.83. The lowest BCUT2D eigenvalue weighted by molar-refractivity contribution is 0.0963. The Bertz CT molecular complexity index is 815. The van der Waals surface area contributed by atoms with E-state index in [1.807, 2.05) is 25.2 Å². The van der Waals surface area contributed by atoms with Crippen LogP contribution in [0.25, 0.3) is 0 Å². The fourth-order valence-electron chi connectivity index (χ4n) is 4.11. The number of carbonyl (C=O) groups is 1. The van der Waals surface area contributed by atoms with E-state index in [1.165, 1.54) is 5.56 Å². The maximum atomic E-state index is 12.9. The molecule has 6 nitrogen and oxygen atoms in total. The average Bonchev–Trinajstić information content (AvgIpc) is 2.73. The molecule has 2 aliphatic rings. The molecule has 0 saturated carbocycles. The van der Waals surface area contributed by atoms with Gasteiger partial charge in [-0.1, -0.05) is 37.3 Å². The van der Waals surface area contributed by atoms with Gasteiger partial charge in [-0.2, -0.15) is 4.98 Å². The van der Waals surface area contributed by atoms with Gasteiger partial charge in [-0.05, 0) is 24.4 Å². The van der Waals surface area contributed by atoms with E-state index in [2.05, 4.69) is 34.2 Å². The van der Waals surface area contributed by atoms with E-state index in [0.717, 1.165) is 50.8 Å². The van der Waals surface area contributed by atoms with Crippen LogP contribution in [-0.2, 0) is 6.42 Å². The Kier molecular flexibility index (Phi) is 5.07. The van der Waals surface area contributed by atoms with Crippen LogP contribution >= 0.6 is 0 Å². The molecule has 2 aromatic rings. The summed E-state index contributed by atoms with van der Waals surface area (Å²) in [5.74, 6) is 1.74. The predicted octanol–water partition coefficient (Wildman–Crippen LogP) is 2.57. The summed E-state index contributed by atoms with van der Waals surface area (Å²) >= 11 is 0. The summed E-state index contributed by atoms with van der Waals surface area (Å²) in [7, 11) is 1.83. The van der Waals surface area contributed by atoms with Crippen molar-refractivity contribution in [1.82, 2.24) is 14.9 Å². The van der Waals surface area contributed by atoms with Gasteiger partial charge in [0.1, 0.15) is 5.82 Å². The van der Waals surface area contributed by atoms with Crippen LogP contribution < -0.4 is 10.2 Å². The molecule has 0 radical (unpaired) electrons. The van der Waals surface area contributed by atoms with Crippen molar-refractivity contribution in [2.24, 2.45) is 0 Å².